The first-order valence-electron chi connectivity index (χ1n) is 8.68. The van der Waals surface area contributed by atoms with Crippen molar-refractivity contribution in [2.45, 2.75) is 38.5 Å². The molecule has 24 heavy (non-hydrogen) atoms. The van der Waals surface area contributed by atoms with Crippen molar-refractivity contribution in [1.82, 2.24) is 5.32 Å². The Bertz CT molecular complexity index is 639. The van der Waals surface area contributed by atoms with E-state index in [9.17, 15) is 14.0 Å². The second-order valence-electron chi connectivity index (χ2n) is 6.46. The van der Waals surface area contributed by atoms with Crippen LogP contribution in [0.2, 0.25) is 0 Å². The number of rotatable bonds is 5. The van der Waals surface area contributed by atoms with Crippen LogP contribution in [-0.2, 0) is 9.59 Å². The predicted octanol–water partition coefficient (Wildman–Crippen LogP) is 3.19. The zero-order chi connectivity index (χ0) is 16.9. The summed E-state index contributed by atoms with van der Waals surface area (Å²) < 4.78 is 13.0. The Hall–Kier alpha value is -2.17. The van der Waals surface area contributed by atoms with E-state index in [-0.39, 0.29) is 17.6 Å². The average Bonchev–Trinajstić information content (AvgIpc) is 2.98. The van der Waals surface area contributed by atoms with E-state index in [1.54, 1.807) is 17.0 Å². The molecular weight excluding hydrogens is 307 g/mol. The van der Waals surface area contributed by atoms with Crippen molar-refractivity contribution in [2.75, 3.05) is 18.0 Å². The van der Waals surface area contributed by atoms with Crippen LogP contribution in [0, 0.1) is 11.7 Å². The average molecular weight is 330 g/mol. The number of halogens is 1. The minimum absolute atomic E-state index is 0.193. The van der Waals surface area contributed by atoms with Crippen LogP contribution in [0.25, 0.3) is 0 Å². The van der Waals surface area contributed by atoms with Crippen LogP contribution in [0.1, 0.15) is 38.5 Å². The fourth-order valence-electron chi connectivity index (χ4n) is 3.40. The van der Waals surface area contributed by atoms with Gasteiger partial charge in [0.2, 0.25) is 11.8 Å². The summed E-state index contributed by atoms with van der Waals surface area (Å²) in [5.41, 5.74) is 2.05. The summed E-state index contributed by atoms with van der Waals surface area (Å²) in [6.07, 6.45) is 8.39. The second-order valence-corrected chi connectivity index (χ2v) is 6.46. The van der Waals surface area contributed by atoms with E-state index in [2.05, 4.69) is 11.4 Å². The largest absolute Gasteiger partial charge is 0.355 e. The summed E-state index contributed by atoms with van der Waals surface area (Å²) >= 11 is 0. The summed E-state index contributed by atoms with van der Waals surface area (Å²) in [6, 6.07) is 5.80. The van der Waals surface area contributed by atoms with E-state index in [0.29, 0.717) is 25.2 Å². The van der Waals surface area contributed by atoms with E-state index in [1.807, 2.05) is 0 Å². The molecule has 0 radical (unpaired) electrons. The third-order valence-corrected chi connectivity index (χ3v) is 4.79. The van der Waals surface area contributed by atoms with Gasteiger partial charge in [-0.3, -0.25) is 9.59 Å². The van der Waals surface area contributed by atoms with E-state index in [4.69, 9.17) is 0 Å². The number of benzene rings is 1. The molecular formula is C19H23FN2O2. The number of nitrogens with zero attached hydrogens (tertiary/aromatic N) is 1. The molecule has 0 aromatic heterocycles. The summed E-state index contributed by atoms with van der Waals surface area (Å²) in [4.78, 5) is 26.3. The van der Waals surface area contributed by atoms with Crippen molar-refractivity contribution < 1.29 is 14.0 Å². The molecule has 1 unspecified atom stereocenters. The standard InChI is InChI=1S/C19H23FN2O2/c20-15-6-8-16(9-7-15)22-13-11-17(19(22)24)18(23)21-12-10-14-4-2-1-3-5-14/h4,6-9,17H,1-3,5,10-13H2,(H,21,23). The fraction of sp³-hybridized carbons (Fsp3) is 0.474. The molecule has 1 atom stereocenters. The molecule has 2 aliphatic rings. The lowest BCUT2D eigenvalue weighted by Gasteiger charge is -2.17. The number of nitrogens with one attached hydrogen (secondary N) is 1. The van der Waals surface area contributed by atoms with Crippen LogP contribution in [0.4, 0.5) is 10.1 Å². The molecule has 0 spiro atoms. The van der Waals surface area contributed by atoms with Gasteiger partial charge in [-0.1, -0.05) is 11.6 Å². The van der Waals surface area contributed by atoms with Gasteiger partial charge in [-0.25, -0.2) is 4.39 Å². The lowest BCUT2D eigenvalue weighted by molar-refractivity contribution is -0.132. The first-order valence-corrected chi connectivity index (χ1v) is 8.68. The SMILES string of the molecule is O=C(NCCC1=CCCCC1)C1CCN(c2ccc(F)cc2)C1=O. The van der Waals surface area contributed by atoms with Gasteiger partial charge >= 0.3 is 0 Å². The topological polar surface area (TPSA) is 49.4 Å². The molecule has 1 aliphatic heterocycles. The van der Waals surface area contributed by atoms with Gasteiger partial charge in [0.05, 0.1) is 0 Å². The van der Waals surface area contributed by atoms with Crippen molar-refractivity contribution in [1.29, 1.82) is 0 Å². The van der Waals surface area contributed by atoms with Crippen LogP contribution < -0.4 is 10.2 Å². The Kier molecular flexibility index (Phi) is 5.28. The molecule has 1 saturated heterocycles. The quantitative estimate of drug-likeness (QED) is 0.666. The maximum absolute atomic E-state index is 13.0. The van der Waals surface area contributed by atoms with Gasteiger partial charge < -0.3 is 10.2 Å². The molecule has 1 aromatic rings. The van der Waals surface area contributed by atoms with Crippen LogP contribution in [0.3, 0.4) is 0 Å². The number of allylic oxidation sites excluding steroid dienone is 1. The summed E-state index contributed by atoms with van der Waals surface area (Å²) in [5.74, 6) is -1.36. The van der Waals surface area contributed by atoms with Crippen molar-refractivity contribution in [3.05, 3.63) is 41.7 Å². The Morgan fingerprint density at radius 1 is 1.25 bits per heavy atom. The van der Waals surface area contributed by atoms with Crippen LogP contribution in [0.5, 0.6) is 0 Å². The smallest absolute Gasteiger partial charge is 0.239 e. The second kappa shape index (κ2) is 7.60. The summed E-state index contributed by atoms with van der Waals surface area (Å²) in [5, 5.41) is 2.90. The highest BCUT2D eigenvalue weighted by atomic mass is 19.1. The number of carbonyl (C=O) groups is 2. The molecule has 1 heterocycles. The number of anilines is 1. The van der Waals surface area contributed by atoms with Crippen molar-refractivity contribution >= 4 is 17.5 Å². The van der Waals surface area contributed by atoms with Gasteiger partial charge in [-0.2, -0.15) is 0 Å². The molecule has 5 heteroatoms. The highest BCUT2D eigenvalue weighted by Gasteiger charge is 2.37. The molecule has 0 saturated carbocycles. The van der Waals surface area contributed by atoms with Crippen LogP contribution in [0.15, 0.2) is 35.9 Å². The van der Waals surface area contributed by atoms with E-state index >= 15 is 0 Å². The number of hydrogen-bond donors (Lipinski definition) is 1. The zero-order valence-electron chi connectivity index (χ0n) is 13.8. The first-order chi connectivity index (χ1) is 11.6. The highest BCUT2D eigenvalue weighted by Crippen LogP contribution is 2.25. The molecule has 1 fully saturated rings. The summed E-state index contributed by atoms with van der Waals surface area (Å²) in [6.45, 7) is 1.08. The third-order valence-electron chi connectivity index (χ3n) is 4.79. The van der Waals surface area contributed by atoms with Crippen LogP contribution in [-0.4, -0.2) is 24.9 Å². The van der Waals surface area contributed by atoms with Crippen molar-refractivity contribution in [3.63, 3.8) is 0 Å². The fourth-order valence-corrected chi connectivity index (χ4v) is 3.40. The Morgan fingerprint density at radius 2 is 2.04 bits per heavy atom. The van der Waals surface area contributed by atoms with Crippen LogP contribution >= 0.6 is 0 Å². The van der Waals surface area contributed by atoms with Gasteiger partial charge in [0.1, 0.15) is 11.7 Å². The maximum atomic E-state index is 13.0. The van der Waals surface area contributed by atoms with E-state index in [1.165, 1.54) is 30.5 Å². The van der Waals surface area contributed by atoms with E-state index < -0.39 is 5.92 Å². The zero-order valence-corrected chi connectivity index (χ0v) is 13.8. The van der Waals surface area contributed by atoms with Gasteiger partial charge in [0.15, 0.2) is 0 Å². The third kappa shape index (κ3) is 3.83. The summed E-state index contributed by atoms with van der Waals surface area (Å²) in [7, 11) is 0. The lowest BCUT2D eigenvalue weighted by atomic mass is 9.97. The Labute approximate surface area is 141 Å². The first kappa shape index (κ1) is 16.7. The van der Waals surface area contributed by atoms with Crippen molar-refractivity contribution in [3.8, 4) is 0 Å². The normalized spacial score (nSPS) is 20.9. The Morgan fingerprint density at radius 3 is 2.75 bits per heavy atom. The van der Waals surface area contributed by atoms with Gasteiger partial charge in [-0.15, -0.1) is 0 Å². The number of carbonyl (C=O) groups excluding carboxylic acids is 2. The Balaban J connectivity index is 1.51. The highest BCUT2D eigenvalue weighted by molar-refractivity contribution is 6.09. The predicted molar refractivity (Wildman–Crippen MR) is 91.0 cm³/mol. The minimum Gasteiger partial charge on any atom is -0.355 e. The van der Waals surface area contributed by atoms with E-state index in [0.717, 1.165) is 19.3 Å². The molecule has 2 amide bonds. The molecule has 1 aliphatic carbocycles. The molecule has 3 rings (SSSR count). The van der Waals surface area contributed by atoms with Gasteiger partial charge in [-0.05, 0) is 62.8 Å². The molecule has 1 aromatic carbocycles. The maximum Gasteiger partial charge on any atom is 0.239 e. The molecule has 1 N–H and O–H groups in total. The number of hydrogen-bond acceptors (Lipinski definition) is 2. The van der Waals surface area contributed by atoms with Crippen molar-refractivity contribution in [2.24, 2.45) is 5.92 Å². The molecule has 128 valence electrons. The monoisotopic (exact) mass is 330 g/mol. The van der Waals surface area contributed by atoms with Gasteiger partial charge in [0, 0.05) is 18.8 Å². The minimum atomic E-state index is -0.629. The van der Waals surface area contributed by atoms with Gasteiger partial charge in [0.25, 0.3) is 0 Å². The molecule has 0 bridgehead atoms. The molecule has 4 nitrogen and oxygen atoms in total. The number of amides is 2. The lowest BCUT2D eigenvalue weighted by Crippen LogP contribution is -2.37.